The largest absolute Gasteiger partial charge is 0.361 e. The standard InChI is InChI=1S/2C13H15N.4C12H15N.2C8H12N2.C6H9NS/c1-13(2,3)11-8-4-6-10-7-5-9-14-12(10)11;1-13(2,3)11-7-6-10-5-4-8-14-12(10)9-11;1-12(2,3)10-4-5-11-9(8-10)6-7-13-11;1-12(2,3)10-5-4-9-6-7-13-11(9)8-10;1-12(2,3)10-5-4-6-11-9(10)7-8-13-11;1-12(2,3)10-6-4-5-9-7-8-13-11(9)10;1-8(2,3)7-4-9-6-10-5-7;1-8(2,3)7-6-9-4-5-10-7;1-5(2)6-3-7-4-8-6/h2*4-9H,1-3H3;4*4-8,13H,1-3H3;2*4-6H,1-3H3;3-5H,1-2H3. The second-order valence-corrected chi connectivity index (χ2v) is 37.0. The number of nitrogens with one attached hydrogen (secondary N) is 4. The predicted molar refractivity (Wildman–Crippen MR) is 467 cm³/mol. The molecule has 6 aromatic carbocycles. The van der Waals surface area contributed by atoms with Gasteiger partial charge in [0.05, 0.1) is 22.2 Å². The molecule has 0 saturated carbocycles. The first-order valence-corrected chi connectivity index (χ1v) is 38.8. The molecule has 568 valence electrons. The van der Waals surface area contributed by atoms with Gasteiger partial charge in [-0.3, -0.25) is 24.9 Å². The number of benzene rings is 6. The topological polar surface area (TPSA) is 153 Å². The van der Waals surface area contributed by atoms with Crippen molar-refractivity contribution in [1.29, 1.82) is 0 Å². The van der Waals surface area contributed by atoms with E-state index in [9.17, 15) is 0 Å². The predicted octanol–water partition coefficient (Wildman–Crippen LogP) is 26.7. The van der Waals surface area contributed by atoms with Gasteiger partial charge < -0.3 is 19.9 Å². The van der Waals surface area contributed by atoms with Crippen LogP contribution in [0.15, 0.2) is 244 Å². The molecular weight excluding hydrogens is 1340 g/mol. The van der Waals surface area contributed by atoms with E-state index in [0.29, 0.717) is 5.92 Å². The Balaban J connectivity index is 0.000000170. The lowest BCUT2D eigenvalue weighted by molar-refractivity contribution is 0.565. The monoisotopic (exact) mass is 1460 g/mol. The molecule has 15 aromatic rings. The third kappa shape index (κ3) is 25.6. The lowest BCUT2D eigenvalue weighted by Gasteiger charge is -2.20. The minimum atomic E-state index is 0.119. The molecule has 15 rings (SSSR count). The van der Waals surface area contributed by atoms with Crippen molar-refractivity contribution in [3.8, 4) is 0 Å². The van der Waals surface area contributed by atoms with Crippen LogP contribution in [0.1, 0.15) is 235 Å². The maximum Gasteiger partial charge on any atom is 0.115 e. The summed E-state index contributed by atoms with van der Waals surface area (Å²) >= 11 is 1.72. The summed E-state index contributed by atoms with van der Waals surface area (Å²) in [5.41, 5.74) is 21.0. The second-order valence-electron chi connectivity index (χ2n) is 36.1. The van der Waals surface area contributed by atoms with Crippen LogP contribution in [0.5, 0.6) is 0 Å². The van der Waals surface area contributed by atoms with Gasteiger partial charge in [-0.2, -0.15) is 0 Å². The van der Waals surface area contributed by atoms with Crippen molar-refractivity contribution in [2.45, 2.75) is 229 Å². The number of nitrogens with zero attached hydrogens (tertiary/aromatic N) is 7. The van der Waals surface area contributed by atoms with Crippen molar-refractivity contribution in [2.75, 3.05) is 0 Å². The number of para-hydroxylation sites is 2. The third-order valence-electron chi connectivity index (χ3n) is 18.3. The molecule has 108 heavy (non-hydrogen) atoms. The Morgan fingerprint density at radius 1 is 0.315 bits per heavy atom. The summed E-state index contributed by atoms with van der Waals surface area (Å²) in [6, 6.07) is 55.6. The van der Waals surface area contributed by atoms with Gasteiger partial charge in [-0.1, -0.05) is 271 Å². The van der Waals surface area contributed by atoms with Crippen LogP contribution in [0.25, 0.3) is 65.4 Å². The zero-order chi connectivity index (χ0) is 79.5. The molecule has 0 aliphatic rings. The maximum atomic E-state index is 4.45. The zero-order valence-corrected chi connectivity index (χ0v) is 70.5. The van der Waals surface area contributed by atoms with Gasteiger partial charge in [0.15, 0.2) is 0 Å². The summed E-state index contributed by atoms with van der Waals surface area (Å²) in [6.45, 7) is 57.3. The molecule has 4 N–H and O–H groups in total. The lowest BCUT2D eigenvalue weighted by Crippen LogP contribution is -2.13. The molecule has 0 saturated heterocycles. The van der Waals surface area contributed by atoms with Gasteiger partial charge >= 0.3 is 0 Å². The molecule has 0 unspecified atom stereocenters. The van der Waals surface area contributed by atoms with Crippen molar-refractivity contribution in [3.63, 3.8) is 0 Å². The average Bonchev–Trinajstić information content (AvgIpc) is 1.26. The van der Waals surface area contributed by atoms with Gasteiger partial charge in [0.2, 0.25) is 0 Å². The summed E-state index contributed by atoms with van der Waals surface area (Å²) in [5, 5.41) is 7.66. The lowest BCUT2D eigenvalue weighted by atomic mass is 9.85. The molecule has 12 heteroatoms. The van der Waals surface area contributed by atoms with Crippen LogP contribution >= 0.6 is 11.3 Å². The van der Waals surface area contributed by atoms with Gasteiger partial charge in [-0.15, -0.1) is 11.3 Å². The minimum Gasteiger partial charge on any atom is -0.361 e. The number of fused-ring (bicyclic) bond motifs is 6. The van der Waals surface area contributed by atoms with Crippen LogP contribution in [0.3, 0.4) is 0 Å². The molecule has 0 atom stereocenters. The zero-order valence-electron chi connectivity index (χ0n) is 69.7. The molecule has 0 spiro atoms. The van der Waals surface area contributed by atoms with Crippen LogP contribution in [0.2, 0.25) is 0 Å². The molecule has 0 bridgehead atoms. The second kappa shape index (κ2) is 36.8. The fourth-order valence-electron chi connectivity index (χ4n) is 11.6. The number of aromatic amines is 4. The van der Waals surface area contributed by atoms with Crippen LogP contribution in [0, 0.1) is 0 Å². The van der Waals surface area contributed by atoms with E-state index in [-0.39, 0.29) is 43.3 Å². The summed E-state index contributed by atoms with van der Waals surface area (Å²) in [4.78, 5) is 43.1. The van der Waals surface area contributed by atoms with Crippen LogP contribution < -0.4 is 0 Å². The first-order valence-electron chi connectivity index (χ1n) is 37.9. The smallest absolute Gasteiger partial charge is 0.115 e. The van der Waals surface area contributed by atoms with Gasteiger partial charge in [-0.25, -0.2) is 9.97 Å². The maximum absolute atomic E-state index is 4.45. The highest BCUT2D eigenvalue weighted by Gasteiger charge is 2.21. The molecular formula is C96H123N11S. The average molecular weight is 1460 g/mol. The number of thiazole rings is 1. The van der Waals surface area contributed by atoms with Gasteiger partial charge in [0.1, 0.15) is 6.33 Å². The Morgan fingerprint density at radius 3 is 1.37 bits per heavy atom. The molecule has 0 amide bonds. The first-order chi connectivity index (χ1) is 50.5. The van der Waals surface area contributed by atoms with Gasteiger partial charge in [0.25, 0.3) is 0 Å². The van der Waals surface area contributed by atoms with Crippen molar-refractivity contribution in [2.24, 2.45) is 0 Å². The van der Waals surface area contributed by atoms with E-state index >= 15 is 0 Å². The number of rotatable bonds is 1. The highest BCUT2D eigenvalue weighted by atomic mass is 32.1. The van der Waals surface area contributed by atoms with E-state index in [0.717, 1.165) is 16.7 Å². The van der Waals surface area contributed by atoms with Crippen molar-refractivity contribution >= 4 is 76.8 Å². The third-order valence-corrected chi connectivity index (χ3v) is 19.4. The summed E-state index contributed by atoms with van der Waals surface area (Å²) < 4.78 is 0. The molecule has 11 nitrogen and oxygen atoms in total. The number of hydrogen-bond donors (Lipinski definition) is 4. The molecule has 0 fully saturated rings. The Morgan fingerprint density at radius 2 is 0.815 bits per heavy atom. The Bertz CT molecular complexity index is 4920. The fraction of sp³-hybridized carbons (Fsp3) is 0.365. The summed E-state index contributed by atoms with van der Waals surface area (Å²) in [7, 11) is 0. The number of aromatic nitrogens is 11. The summed E-state index contributed by atoms with van der Waals surface area (Å²) in [5.74, 6) is 0.641. The van der Waals surface area contributed by atoms with E-state index in [4.69, 9.17) is 0 Å². The van der Waals surface area contributed by atoms with E-state index in [1.807, 2.05) is 73.4 Å². The first kappa shape index (κ1) is 85.3. The fourth-order valence-corrected chi connectivity index (χ4v) is 12.2. The Hall–Kier alpha value is -9.91. The SMILES string of the molecule is CC(C)(C)c1ccc2[nH]ccc2c1.CC(C)(C)c1ccc2cc[nH]c2c1.CC(C)(C)c1ccc2cccnc2c1.CC(C)(C)c1cccc2[nH]ccc12.CC(C)(C)c1cccc2cc[nH]c12.CC(C)(C)c1cccc2cccnc12.CC(C)(C)c1cnccn1.CC(C)(C)c1cncnc1.CC(C)c1cncs1. The van der Waals surface area contributed by atoms with Gasteiger partial charge in [-0.05, 0) is 166 Å². The molecule has 0 aliphatic carbocycles. The molecule has 9 aromatic heterocycles. The molecule has 0 radical (unpaired) electrons. The molecule has 0 aliphatic heterocycles. The van der Waals surface area contributed by atoms with Crippen LogP contribution in [-0.4, -0.2) is 54.8 Å². The highest BCUT2D eigenvalue weighted by molar-refractivity contribution is 7.09. The van der Waals surface area contributed by atoms with Gasteiger partial charge in [0, 0.05) is 123 Å². The number of hydrogen-bond acceptors (Lipinski definition) is 8. The van der Waals surface area contributed by atoms with E-state index in [2.05, 4.69) is 380 Å². The van der Waals surface area contributed by atoms with Crippen LogP contribution in [-0.2, 0) is 43.3 Å². The van der Waals surface area contributed by atoms with Crippen molar-refractivity contribution < 1.29 is 0 Å². The Labute approximate surface area is 650 Å². The normalized spacial score (nSPS) is 11.9. The molecule has 9 heterocycles. The van der Waals surface area contributed by atoms with Crippen LogP contribution in [0.4, 0.5) is 0 Å². The number of pyridine rings is 2. The van der Waals surface area contributed by atoms with Crippen molar-refractivity contribution in [3.05, 3.63) is 293 Å². The quantitative estimate of drug-likeness (QED) is 0.128. The van der Waals surface area contributed by atoms with E-state index < -0.39 is 0 Å². The number of H-pyrrole nitrogens is 4. The minimum absolute atomic E-state index is 0.119. The Kier molecular flexibility index (Phi) is 29.1. The van der Waals surface area contributed by atoms with E-state index in [1.54, 1.807) is 36.3 Å². The van der Waals surface area contributed by atoms with Crippen molar-refractivity contribution in [1.82, 2.24) is 54.8 Å². The highest BCUT2D eigenvalue weighted by Crippen LogP contribution is 2.33. The van der Waals surface area contributed by atoms with E-state index in [1.165, 1.54) is 98.2 Å². The summed E-state index contributed by atoms with van der Waals surface area (Å²) in [6.07, 6.45) is 24.1.